The minimum Gasteiger partial charge on any atom is -0.464 e. The number of fused-ring (bicyclic) bond motifs is 2. The third-order valence-corrected chi connectivity index (χ3v) is 7.92. The highest BCUT2D eigenvalue weighted by molar-refractivity contribution is 9.10. The number of benzene rings is 2. The number of carbonyl (C=O) groups excluding carboxylic acids is 2. The Bertz CT molecular complexity index is 2050. The first kappa shape index (κ1) is 39.8. The third kappa shape index (κ3) is 9.53. The van der Waals surface area contributed by atoms with Gasteiger partial charge >= 0.3 is 19.1 Å². The summed E-state index contributed by atoms with van der Waals surface area (Å²) in [5, 5.41) is 33.1. The van der Waals surface area contributed by atoms with E-state index in [9.17, 15) is 9.59 Å². The number of carbonyl (C=O) groups is 2. The number of esters is 2. The molecular weight excluding hydrogens is 773 g/mol. The van der Waals surface area contributed by atoms with Crippen LogP contribution in [0.4, 0.5) is 5.82 Å². The lowest BCUT2D eigenvalue weighted by Crippen LogP contribution is -2.29. The summed E-state index contributed by atoms with van der Waals surface area (Å²) in [7, 11) is 1.31. The van der Waals surface area contributed by atoms with Gasteiger partial charge in [0.2, 0.25) is 0 Å². The standard InChI is InChI=1S/C17H16BrN3O2.C10H12N4O2.C6H6BBrO2.CH4/c1-3-5-13-15-14(8-9-19-13)21(20-16(15)17(22)23-2)12-7-4-6-11(18)10-12;1-3-11-9-7-6(4-5-12-9)13-14-8(7)10(15)16-2;8-6-3-1-2-5(4-6)7(9)10;/h4,6-10H,3,5H2,1-2H3;4-5H,3H2,1-2H3,(H,11,12)(H,13,14);1-4,9-10H;1H4. The van der Waals surface area contributed by atoms with E-state index < -0.39 is 19.1 Å². The monoisotopic (exact) mass is 809 g/mol. The lowest BCUT2D eigenvalue weighted by molar-refractivity contribution is 0.0587. The average molecular weight is 811 g/mol. The van der Waals surface area contributed by atoms with Crippen LogP contribution < -0.4 is 10.8 Å². The number of ether oxygens (including phenoxy) is 2. The number of aromatic amines is 1. The molecule has 0 aliphatic heterocycles. The van der Waals surface area contributed by atoms with E-state index in [0.717, 1.165) is 56.1 Å². The Hall–Kier alpha value is -4.64. The number of rotatable bonds is 8. The Morgan fingerprint density at radius 1 is 0.900 bits per heavy atom. The first-order valence-electron chi connectivity index (χ1n) is 15.1. The van der Waals surface area contributed by atoms with Crippen LogP contribution in [0.15, 0.2) is 82.0 Å². The quantitative estimate of drug-likeness (QED) is 0.107. The van der Waals surface area contributed by atoms with Crippen molar-refractivity contribution in [2.75, 3.05) is 26.1 Å². The molecule has 262 valence electrons. The molecule has 0 unspecified atom stereocenters. The van der Waals surface area contributed by atoms with Gasteiger partial charge < -0.3 is 24.8 Å². The second-order valence-electron chi connectivity index (χ2n) is 10.2. The summed E-state index contributed by atoms with van der Waals surface area (Å²) in [4.78, 5) is 32.2. The molecule has 4 heterocycles. The van der Waals surface area contributed by atoms with Crippen LogP contribution in [0.2, 0.25) is 0 Å². The maximum absolute atomic E-state index is 12.2. The van der Waals surface area contributed by atoms with Crippen molar-refractivity contribution >= 4 is 84.0 Å². The predicted molar refractivity (Wildman–Crippen MR) is 202 cm³/mol. The van der Waals surface area contributed by atoms with Crippen molar-refractivity contribution in [2.24, 2.45) is 0 Å². The topological polar surface area (TPSA) is 177 Å². The summed E-state index contributed by atoms with van der Waals surface area (Å²) < 4.78 is 13.1. The third-order valence-electron chi connectivity index (χ3n) is 6.94. The second kappa shape index (κ2) is 18.9. The molecule has 0 saturated carbocycles. The molecule has 0 spiro atoms. The van der Waals surface area contributed by atoms with Crippen LogP contribution in [0.25, 0.3) is 27.5 Å². The maximum Gasteiger partial charge on any atom is 0.488 e. The van der Waals surface area contributed by atoms with E-state index in [4.69, 9.17) is 14.8 Å². The number of halogens is 2. The lowest BCUT2D eigenvalue weighted by atomic mass is 9.81. The van der Waals surface area contributed by atoms with Gasteiger partial charge in [-0.1, -0.05) is 70.8 Å². The van der Waals surface area contributed by atoms with Gasteiger partial charge in [0.1, 0.15) is 5.82 Å². The molecule has 0 amide bonds. The van der Waals surface area contributed by atoms with Crippen molar-refractivity contribution in [3.8, 4) is 5.69 Å². The molecular formula is C34H38BBr2N7O6. The molecule has 0 aliphatic rings. The summed E-state index contributed by atoms with van der Waals surface area (Å²) in [5.41, 5.74) is 4.39. The van der Waals surface area contributed by atoms with E-state index in [1.165, 1.54) is 14.2 Å². The lowest BCUT2D eigenvalue weighted by Gasteiger charge is -2.05. The number of nitrogens with one attached hydrogen (secondary N) is 2. The molecule has 4 N–H and O–H groups in total. The number of anilines is 1. The molecule has 0 saturated heterocycles. The molecule has 13 nitrogen and oxygen atoms in total. The Kier molecular flexibility index (Phi) is 15.1. The van der Waals surface area contributed by atoms with Crippen molar-refractivity contribution in [3.05, 3.63) is 99.1 Å². The first-order valence-corrected chi connectivity index (χ1v) is 16.7. The predicted octanol–water partition coefficient (Wildman–Crippen LogP) is 5.86. The zero-order valence-electron chi connectivity index (χ0n) is 27.1. The Balaban J connectivity index is 0.000000218. The van der Waals surface area contributed by atoms with Crippen molar-refractivity contribution < 1.29 is 29.1 Å². The van der Waals surface area contributed by atoms with Gasteiger partial charge in [-0.25, -0.2) is 19.3 Å². The van der Waals surface area contributed by atoms with Crippen LogP contribution in [0.1, 0.15) is 54.4 Å². The molecule has 6 rings (SSSR count). The molecule has 16 heteroatoms. The van der Waals surface area contributed by atoms with Gasteiger partial charge in [0, 0.05) is 27.9 Å². The van der Waals surface area contributed by atoms with Gasteiger partial charge in [-0.2, -0.15) is 10.2 Å². The van der Waals surface area contributed by atoms with Crippen molar-refractivity contribution in [1.82, 2.24) is 29.9 Å². The Morgan fingerprint density at radius 2 is 1.56 bits per heavy atom. The van der Waals surface area contributed by atoms with Crippen LogP contribution in [-0.4, -0.2) is 79.8 Å². The van der Waals surface area contributed by atoms with Gasteiger partial charge in [0.05, 0.1) is 47.4 Å². The number of aryl methyl sites for hydroxylation is 1. The van der Waals surface area contributed by atoms with E-state index >= 15 is 0 Å². The molecule has 0 atom stereocenters. The number of nitrogens with zero attached hydrogens (tertiary/aromatic N) is 5. The summed E-state index contributed by atoms with van der Waals surface area (Å²) >= 11 is 6.68. The minimum atomic E-state index is -1.38. The average Bonchev–Trinajstić information content (AvgIpc) is 3.72. The van der Waals surface area contributed by atoms with Crippen molar-refractivity contribution in [3.63, 3.8) is 0 Å². The molecule has 0 aliphatic carbocycles. The number of aromatic nitrogens is 6. The number of H-pyrrole nitrogens is 1. The molecule has 0 radical (unpaired) electrons. The maximum atomic E-state index is 12.2. The van der Waals surface area contributed by atoms with Crippen molar-refractivity contribution in [2.45, 2.75) is 34.1 Å². The molecule has 4 aromatic heterocycles. The van der Waals surface area contributed by atoms with E-state index in [0.29, 0.717) is 22.4 Å². The van der Waals surface area contributed by atoms with Gasteiger partial charge in [0.25, 0.3) is 0 Å². The molecule has 0 fully saturated rings. The van der Waals surface area contributed by atoms with E-state index in [1.54, 1.807) is 41.3 Å². The molecule has 0 bridgehead atoms. The number of hydrogen-bond acceptors (Lipinski definition) is 11. The van der Waals surface area contributed by atoms with Crippen molar-refractivity contribution in [1.29, 1.82) is 0 Å². The fourth-order valence-electron chi connectivity index (χ4n) is 4.78. The highest BCUT2D eigenvalue weighted by Gasteiger charge is 2.22. The van der Waals surface area contributed by atoms with Gasteiger partial charge in [-0.05, 0) is 61.3 Å². The van der Waals surface area contributed by atoms with Gasteiger partial charge in [0.15, 0.2) is 11.4 Å². The van der Waals surface area contributed by atoms with Gasteiger partial charge in [-0.15, -0.1) is 0 Å². The first-order chi connectivity index (χ1) is 23.6. The Labute approximate surface area is 306 Å². The summed E-state index contributed by atoms with van der Waals surface area (Å²) in [6.45, 7) is 4.76. The van der Waals surface area contributed by atoms with Crippen LogP contribution in [0.3, 0.4) is 0 Å². The second-order valence-corrected chi connectivity index (χ2v) is 12.1. The fraction of sp³-hybridized carbons (Fsp3) is 0.235. The van der Waals surface area contributed by atoms with Crippen LogP contribution in [0, 0.1) is 0 Å². The van der Waals surface area contributed by atoms with Crippen LogP contribution in [-0.2, 0) is 15.9 Å². The zero-order valence-corrected chi connectivity index (χ0v) is 30.3. The SMILES string of the molecule is C.CCCc1nccc2c1c(C(=O)OC)nn2-c1cccc(Br)c1.CCNc1nccc2[nH]nc(C(=O)OC)c12.OB(O)c1cccc(Br)c1. The van der Waals surface area contributed by atoms with Crippen LogP contribution >= 0.6 is 31.9 Å². The molecule has 50 heavy (non-hydrogen) atoms. The van der Waals surface area contributed by atoms with Gasteiger partial charge in [-0.3, -0.25) is 10.1 Å². The Morgan fingerprint density at radius 3 is 2.16 bits per heavy atom. The minimum absolute atomic E-state index is 0. The van der Waals surface area contributed by atoms with E-state index in [2.05, 4.69) is 74.1 Å². The summed E-state index contributed by atoms with van der Waals surface area (Å²) in [6.07, 6.45) is 5.13. The molecule has 6 aromatic rings. The fourth-order valence-corrected chi connectivity index (χ4v) is 5.59. The van der Waals surface area contributed by atoms with Crippen LogP contribution in [0.5, 0.6) is 0 Å². The number of pyridine rings is 2. The zero-order chi connectivity index (χ0) is 35.5. The normalized spacial score (nSPS) is 10.2. The highest BCUT2D eigenvalue weighted by atomic mass is 79.9. The largest absolute Gasteiger partial charge is 0.488 e. The highest BCUT2D eigenvalue weighted by Crippen LogP contribution is 2.27. The summed E-state index contributed by atoms with van der Waals surface area (Å²) in [6, 6.07) is 18.3. The van der Waals surface area contributed by atoms with E-state index in [1.807, 2.05) is 43.3 Å². The smallest absolute Gasteiger partial charge is 0.464 e. The number of methoxy groups -OCH3 is 2. The summed E-state index contributed by atoms with van der Waals surface area (Å²) in [5.74, 6) is -0.290. The number of hydrogen-bond donors (Lipinski definition) is 4. The molecule has 2 aromatic carbocycles. The van der Waals surface area contributed by atoms with E-state index in [-0.39, 0.29) is 13.1 Å².